The number of Topliss-reactive ketones (excluding diaryl/α,β-unsaturated/α-hetero) is 1. The van der Waals surface area contributed by atoms with Crippen LogP contribution in [-0.4, -0.2) is 26.5 Å². The van der Waals surface area contributed by atoms with Crippen LogP contribution in [0.25, 0.3) is 5.13 Å². The number of nitrogens with zero attached hydrogens (tertiary/aromatic N) is 3. The summed E-state index contributed by atoms with van der Waals surface area (Å²) in [6.45, 7) is 5.40. The minimum absolute atomic E-state index is 0.0369. The molecule has 128 valence electrons. The lowest BCUT2D eigenvalue weighted by Crippen LogP contribution is -2.15. The first-order valence-electron chi connectivity index (χ1n) is 7.81. The Bertz CT molecular complexity index is 942. The van der Waals surface area contributed by atoms with Crippen molar-refractivity contribution < 1.29 is 9.59 Å². The van der Waals surface area contributed by atoms with Crippen LogP contribution in [0.5, 0.6) is 0 Å². The van der Waals surface area contributed by atoms with E-state index in [1.807, 2.05) is 25.3 Å². The SMILES string of the molecule is CC(=O)c1cccc(NC(=O)Cc2csc(-n3nc(C)cc3C)n2)c1. The summed E-state index contributed by atoms with van der Waals surface area (Å²) in [6, 6.07) is 8.88. The molecule has 0 radical (unpaired) electrons. The topological polar surface area (TPSA) is 76.9 Å². The molecule has 7 heteroatoms. The van der Waals surface area contributed by atoms with E-state index >= 15 is 0 Å². The minimum Gasteiger partial charge on any atom is -0.326 e. The van der Waals surface area contributed by atoms with Crippen molar-refractivity contribution in [3.8, 4) is 5.13 Å². The highest BCUT2D eigenvalue weighted by molar-refractivity contribution is 7.12. The Balaban J connectivity index is 1.69. The summed E-state index contributed by atoms with van der Waals surface area (Å²) in [7, 11) is 0. The molecule has 0 spiro atoms. The fourth-order valence-electron chi connectivity index (χ4n) is 2.48. The molecular weight excluding hydrogens is 336 g/mol. The van der Waals surface area contributed by atoms with E-state index in [9.17, 15) is 9.59 Å². The Morgan fingerprint density at radius 1 is 1.24 bits per heavy atom. The molecule has 0 aliphatic rings. The van der Waals surface area contributed by atoms with Gasteiger partial charge in [-0.15, -0.1) is 11.3 Å². The number of benzene rings is 1. The molecule has 1 aromatic carbocycles. The molecule has 0 aliphatic heterocycles. The summed E-state index contributed by atoms with van der Waals surface area (Å²) in [5.74, 6) is -0.212. The van der Waals surface area contributed by atoms with Gasteiger partial charge in [-0.2, -0.15) is 5.10 Å². The molecule has 0 bridgehead atoms. The van der Waals surface area contributed by atoms with E-state index in [1.54, 1.807) is 28.9 Å². The molecule has 0 fully saturated rings. The summed E-state index contributed by atoms with van der Waals surface area (Å²) < 4.78 is 1.78. The zero-order valence-corrected chi connectivity index (χ0v) is 15.1. The van der Waals surface area contributed by atoms with Crippen LogP contribution in [0.15, 0.2) is 35.7 Å². The fourth-order valence-corrected chi connectivity index (χ4v) is 3.32. The van der Waals surface area contributed by atoms with E-state index in [4.69, 9.17) is 0 Å². The lowest BCUT2D eigenvalue weighted by atomic mass is 10.1. The lowest BCUT2D eigenvalue weighted by molar-refractivity contribution is -0.115. The highest BCUT2D eigenvalue weighted by atomic mass is 32.1. The van der Waals surface area contributed by atoms with E-state index in [-0.39, 0.29) is 18.1 Å². The van der Waals surface area contributed by atoms with E-state index < -0.39 is 0 Å². The number of aromatic nitrogens is 3. The largest absolute Gasteiger partial charge is 0.326 e. The lowest BCUT2D eigenvalue weighted by Gasteiger charge is -2.05. The van der Waals surface area contributed by atoms with Crippen LogP contribution in [-0.2, 0) is 11.2 Å². The van der Waals surface area contributed by atoms with Gasteiger partial charge in [0.25, 0.3) is 0 Å². The first-order valence-corrected chi connectivity index (χ1v) is 8.69. The number of hydrogen-bond donors (Lipinski definition) is 1. The number of hydrogen-bond acceptors (Lipinski definition) is 5. The Morgan fingerprint density at radius 3 is 2.72 bits per heavy atom. The molecule has 2 heterocycles. The predicted molar refractivity (Wildman–Crippen MR) is 97.5 cm³/mol. The molecule has 0 saturated carbocycles. The van der Waals surface area contributed by atoms with Gasteiger partial charge in [-0.25, -0.2) is 9.67 Å². The first kappa shape index (κ1) is 17.0. The van der Waals surface area contributed by atoms with Gasteiger partial charge in [0.2, 0.25) is 11.0 Å². The van der Waals surface area contributed by atoms with Gasteiger partial charge in [-0.1, -0.05) is 12.1 Å². The second kappa shape index (κ2) is 6.98. The van der Waals surface area contributed by atoms with Crippen LogP contribution < -0.4 is 5.32 Å². The number of carbonyl (C=O) groups is 2. The Hall–Kier alpha value is -2.80. The fraction of sp³-hybridized carbons (Fsp3) is 0.222. The van der Waals surface area contributed by atoms with Crippen LogP contribution in [0.3, 0.4) is 0 Å². The number of amides is 1. The van der Waals surface area contributed by atoms with Gasteiger partial charge in [0.05, 0.1) is 17.8 Å². The molecule has 0 saturated heterocycles. The zero-order valence-electron chi connectivity index (χ0n) is 14.2. The van der Waals surface area contributed by atoms with Crippen molar-refractivity contribution in [3.05, 3.63) is 58.4 Å². The minimum atomic E-state index is -0.175. The smallest absolute Gasteiger partial charge is 0.230 e. The van der Waals surface area contributed by atoms with Crippen molar-refractivity contribution in [2.45, 2.75) is 27.2 Å². The molecule has 2 aromatic heterocycles. The third kappa shape index (κ3) is 4.00. The van der Waals surface area contributed by atoms with Crippen LogP contribution >= 0.6 is 11.3 Å². The van der Waals surface area contributed by atoms with Crippen molar-refractivity contribution >= 4 is 28.7 Å². The zero-order chi connectivity index (χ0) is 18.0. The van der Waals surface area contributed by atoms with Crippen LogP contribution in [0.4, 0.5) is 5.69 Å². The molecule has 3 rings (SSSR count). The van der Waals surface area contributed by atoms with Gasteiger partial charge in [0.15, 0.2) is 5.78 Å². The van der Waals surface area contributed by atoms with Gasteiger partial charge in [-0.05, 0) is 39.0 Å². The predicted octanol–water partition coefficient (Wildman–Crippen LogP) is 3.33. The number of aryl methyl sites for hydroxylation is 2. The van der Waals surface area contributed by atoms with Gasteiger partial charge in [-0.3, -0.25) is 9.59 Å². The maximum absolute atomic E-state index is 12.2. The first-order chi connectivity index (χ1) is 11.9. The van der Waals surface area contributed by atoms with E-state index in [0.29, 0.717) is 16.9 Å². The summed E-state index contributed by atoms with van der Waals surface area (Å²) in [5, 5.41) is 9.80. The standard InChI is InChI=1S/C18H18N4O2S/c1-11-7-12(2)22(21-11)18-20-16(10-25-18)9-17(24)19-15-6-4-5-14(8-15)13(3)23/h4-8,10H,9H2,1-3H3,(H,19,24). The van der Waals surface area contributed by atoms with Gasteiger partial charge in [0.1, 0.15) is 0 Å². The van der Waals surface area contributed by atoms with Crippen LogP contribution in [0.2, 0.25) is 0 Å². The van der Waals surface area contributed by atoms with Crippen LogP contribution in [0.1, 0.15) is 34.4 Å². The number of carbonyl (C=O) groups excluding carboxylic acids is 2. The summed E-state index contributed by atoms with van der Waals surface area (Å²) >= 11 is 1.45. The maximum atomic E-state index is 12.2. The second-order valence-electron chi connectivity index (χ2n) is 5.82. The number of ketones is 1. The summed E-state index contributed by atoms with van der Waals surface area (Å²) in [5.41, 5.74) is 3.79. The summed E-state index contributed by atoms with van der Waals surface area (Å²) in [6.07, 6.45) is 0.167. The van der Waals surface area contributed by atoms with Gasteiger partial charge in [0, 0.05) is 22.3 Å². The Kier molecular flexibility index (Phi) is 4.76. The molecule has 0 atom stereocenters. The Morgan fingerprint density at radius 2 is 2.04 bits per heavy atom. The Labute approximate surface area is 149 Å². The van der Waals surface area contributed by atoms with Gasteiger partial charge >= 0.3 is 0 Å². The van der Waals surface area contributed by atoms with Crippen molar-refractivity contribution in [3.63, 3.8) is 0 Å². The third-order valence-corrected chi connectivity index (χ3v) is 4.49. The highest BCUT2D eigenvalue weighted by Gasteiger charge is 2.12. The third-order valence-electron chi connectivity index (χ3n) is 3.62. The molecule has 0 unspecified atom stereocenters. The van der Waals surface area contributed by atoms with Gasteiger partial charge < -0.3 is 5.32 Å². The quantitative estimate of drug-likeness (QED) is 0.713. The molecular formula is C18H18N4O2S. The molecule has 3 aromatic rings. The molecule has 1 amide bonds. The van der Waals surface area contributed by atoms with Crippen molar-refractivity contribution in [2.24, 2.45) is 0 Å². The number of anilines is 1. The average molecular weight is 354 g/mol. The molecule has 6 nitrogen and oxygen atoms in total. The van der Waals surface area contributed by atoms with Crippen LogP contribution in [0, 0.1) is 13.8 Å². The number of nitrogens with one attached hydrogen (secondary N) is 1. The van der Waals surface area contributed by atoms with Crippen molar-refractivity contribution in [1.82, 2.24) is 14.8 Å². The van der Waals surface area contributed by atoms with Crippen molar-refractivity contribution in [1.29, 1.82) is 0 Å². The normalized spacial score (nSPS) is 10.7. The van der Waals surface area contributed by atoms with E-state index in [1.165, 1.54) is 18.3 Å². The van der Waals surface area contributed by atoms with E-state index in [0.717, 1.165) is 16.5 Å². The monoisotopic (exact) mass is 354 g/mol. The number of rotatable bonds is 5. The van der Waals surface area contributed by atoms with E-state index in [2.05, 4.69) is 15.4 Å². The highest BCUT2D eigenvalue weighted by Crippen LogP contribution is 2.18. The van der Waals surface area contributed by atoms with Crippen molar-refractivity contribution in [2.75, 3.05) is 5.32 Å². The molecule has 0 aliphatic carbocycles. The summed E-state index contributed by atoms with van der Waals surface area (Å²) in [4.78, 5) is 28.1. The molecule has 1 N–H and O–H groups in total. The average Bonchev–Trinajstić information content (AvgIpc) is 3.13. The maximum Gasteiger partial charge on any atom is 0.230 e. The molecule has 25 heavy (non-hydrogen) atoms. The second-order valence-corrected chi connectivity index (χ2v) is 6.66. The number of thiazole rings is 1.